The fraction of sp³-hybridized carbons (Fsp3) is 0.500. The van der Waals surface area contributed by atoms with Gasteiger partial charge in [0.05, 0.1) is 12.5 Å². The van der Waals surface area contributed by atoms with E-state index in [9.17, 15) is 39.0 Å². The van der Waals surface area contributed by atoms with Crippen molar-refractivity contribution in [3.63, 3.8) is 0 Å². The summed E-state index contributed by atoms with van der Waals surface area (Å²) in [7, 11) is 0. The third-order valence-corrected chi connectivity index (χ3v) is 5.28. The molecular formula is C24H35N5O8. The van der Waals surface area contributed by atoms with Crippen LogP contribution in [0.15, 0.2) is 30.3 Å². The fourth-order valence-electron chi connectivity index (χ4n) is 3.43. The molecule has 0 aliphatic heterocycles. The van der Waals surface area contributed by atoms with Crippen molar-refractivity contribution in [3.05, 3.63) is 35.9 Å². The molecule has 13 heteroatoms. The summed E-state index contributed by atoms with van der Waals surface area (Å²) in [5, 5.41) is 25.7. The number of hydrogen-bond acceptors (Lipinski definition) is 7. The Morgan fingerprint density at radius 1 is 0.838 bits per heavy atom. The van der Waals surface area contributed by atoms with Crippen LogP contribution in [0.2, 0.25) is 0 Å². The molecule has 0 saturated carbocycles. The molecule has 1 rings (SSSR count). The van der Waals surface area contributed by atoms with Crippen LogP contribution in [-0.2, 0) is 35.2 Å². The van der Waals surface area contributed by atoms with E-state index in [4.69, 9.17) is 11.5 Å². The van der Waals surface area contributed by atoms with E-state index < -0.39 is 66.2 Å². The van der Waals surface area contributed by atoms with E-state index >= 15 is 0 Å². The monoisotopic (exact) mass is 521 g/mol. The van der Waals surface area contributed by atoms with E-state index in [0.29, 0.717) is 12.0 Å². The zero-order chi connectivity index (χ0) is 28.1. The van der Waals surface area contributed by atoms with Crippen molar-refractivity contribution in [3.8, 4) is 0 Å². The second-order valence-corrected chi connectivity index (χ2v) is 9.05. The van der Waals surface area contributed by atoms with Gasteiger partial charge < -0.3 is 37.6 Å². The minimum Gasteiger partial charge on any atom is -0.481 e. The van der Waals surface area contributed by atoms with Crippen molar-refractivity contribution < 1.29 is 39.0 Å². The molecule has 0 radical (unpaired) electrons. The minimum atomic E-state index is -1.54. The molecular weight excluding hydrogens is 486 g/mol. The average Bonchev–Trinajstić information content (AvgIpc) is 2.80. The molecule has 4 atom stereocenters. The van der Waals surface area contributed by atoms with Gasteiger partial charge in [-0.25, -0.2) is 4.79 Å². The van der Waals surface area contributed by atoms with E-state index in [1.807, 2.05) is 13.8 Å². The van der Waals surface area contributed by atoms with Crippen LogP contribution in [0.5, 0.6) is 0 Å². The van der Waals surface area contributed by atoms with Crippen LogP contribution in [0.1, 0.15) is 45.1 Å². The number of nitrogens with one attached hydrogen (secondary N) is 3. The first-order valence-electron chi connectivity index (χ1n) is 11.7. The molecule has 4 amide bonds. The lowest BCUT2D eigenvalue weighted by molar-refractivity contribution is -0.143. The molecule has 0 aliphatic rings. The Bertz CT molecular complexity index is 969. The van der Waals surface area contributed by atoms with Gasteiger partial charge in [0.25, 0.3) is 0 Å². The Balaban J connectivity index is 3.12. The number of carbonyl (C=O) groups is 6. The van der Waals surface area contributed by atoms with E-state index in [-0.39, 0.29) is 25.2 Å². The number of carboxylic acid groups (broad SMARTS) is 2. The van der Waals surface area contributed by atoms with Gasteiger partial charge in [-0.15, -0.1) is 0 Å². The average molecular weight is 522 g/mol. The van der Waals surface area contributed by atoms with Crippen LogP contribution >= 0.6 is 0 Å². The van der Waals surface area contributed by atoms with Gasteiger partial charge in [-0.2, -0.15) is 0 Å². The van der Waals surface area contributed by atoms with E-state index in [0.717, 1.165) is 0 Å². The van der Waals surface area contributed by atoms with Crippen molar-refractivity contribution in [2.24, 2.45) is 17.4 Å². The van der Waals surface area contributed by atoms with E-state index in [1.54, 1.807) is 30.3 Å². The number of carboxylic acids is 2. The number of benzene rings is 1. The maximum atomic E-state index is 13.0. The Morgan fingerprint density at radius 3 is 1.89 bits per heavy atom. The van der Waals surface area contributed by atoms with Crippen molar-refractivity contribution in [2.75, 3.05) is 0 Å². The molecule has 13 nitrogen and oxygen atoms in total. The van der Waals surface area contributed by atoms with Crippen molar-refractivity contribution >= 4 is 35.6 Å². The van der Waals surface area contributed by atoms with Gasteiger partial charge in [0.15, 0.2) is 0 Å². The summed E-state index contributed by atoms with van der Waals surface area (Å²) in [6.07, 6.45) is -1.11. The summed E-state index contributed by atoms with van der Waals surface area (Å²) in [6, 6.07) is 3.17. The Kier molecular flexibility index (Phi) is 12.7. The van der Waals surface area contributed by atoms with Crippen LogP contribution in [0.4, 0.5) is 0 Å². The van der Waals surface area contributed by atoms with Gasteiger partial charge in [0.2, 0.25) is 23.6 Å². The predicted molar refractivity (Wildman–Crippen MR) is 132 cm³/mol. The standard InChI is InChI=1S/C24H35N5O8/c1-13(2)10-15(25)21(33)28-18(12-20(31)32)23(35)29-17(11-14-6-4-3-5-7-14)22(34)27-16(24(36)37)8-9-19(26)30/h3-7,13,15-18H,8-12,25H2,1-2H3,(H2,26,30)(H,27,34)(H,28,33)(H,29,35)(H,31,32)(H,36,37)/t15-,16-,17-,18-/m0/s1. The first kappa shape index (κ1) is 31.0. The quantitative estimate of drug-likeness (QED) is 0.139. The smallest absolute Gasteiger partial charge is 0.326 e. The molecule has 0 heterocycles. The topological polar surface area (TPSA) is 231 Å². The lowest BCUT2D eigenvalue weighted by Crippen LogP contribution is -2.58. The number of aliphatic carboxylic acids is 2. The second-order valence-electron chi connectivity index (χ2n) is 9.05. The third kappa shape index (κ3) is 12.0. The molecule has 0 spiro atoms. The molecule has 0 saturated heterocycles. The molecule has 1 aromatic carbocycles. The summed E-state index contributed by atoms with van der Waals surface area (Å²) in [4.78, 5) is 72.4. The maximum absolute atomic E-state index is 13.0. The highest BCUT2D eigenvalue weighted by atomic mass is 16.4. The number of carbonyl (C=O) groups excluding carboxylic acids is 4. The van der Waals surface area contributed by atoms with Crippen molar-refractivity contribution in [2.45, 2.75) is 70.1 Å². The van der Waals surface area contributed by atoms with Gasteiger partial charge in [-0.3, -0.25) is 24.0 Å². The SMILES string of the molecule is CC(C)C[C@H](N)C(=O)N[C@@H](CC(=O)O)C(=O)N[C@@H](Cc1ccccc1)C(=O)N[C@@H](CCC(N)=O)C(=O)O. The largest absolute Gasteiger partial charge is 0.481 e. The second kappa shape index (κ2) is 15.2. The molecule has 0 aliphatic carbocycles. The van der Waals surface area contributed by atoms with E-state index in [1.165, 1.54) is 0 Å². The highest BCUT2D eigenvalue weighted by molar-refractivity contribution is 5.95. The Labute approximate surface area is 214 Å². The van der Waals surface area contributed by atoms with Gasteiger partial charge in [0, 0.05) is 12.8 Å². The zero-order valence-electron chi connectivity index (χ0n) is 20.8. The molecule has 0 bridgehead atoms. The van der Waals surface area contributed by atoms with Crippen LogP contribution in [-0.4, -0.2) is 69.9 Å². The number of amides is 4. The Morgan fingerprint density at radius 2 is 1.38 bits per heavy atom. The summed E-state index contributed by atoms with van der Waals surface area (Å²) in [6.45, 7) is 3.68. The number of hydrogen-bond donors (Lipinski definition) is 7. The Hall–Kier alpha value is -4.00. The van der Waals surface area contributed by atoms with E-state index in [2.05, 4.69) is 16.0 Å². The van der Waals surface area contributed by atoms with Gasteiger partial charge in [-0.05, 0) is 24.3 Å². The van der Waals surface area contributed by atoms with Crippen molar-refractivity contribution in [1.29, 1.82) is 0 Å². The van der Waals surface area contributed by atoms with Crippen molar-refractivity contribution in [1.82, 2.24) is 16.0 Å². The summed E-state index contributed by atoms with van der Waals surface area (Å²) in [5.74, 6) is -6.04. The van der Waals surface area contributed by atoms with Crippen LogP contribution in [0.3, 0.4) is 0 Å². The van der Waals surface area contributed by atoms with Crippen LogP contribution in [0, 0.1) is 5.92 Å². The highest BCUT2D eigenvalue weighted by Gasteiger charge is 2.31. The summed E-state index contributed by atoms with van der Waals surface area (Å²) in [5.41, 5.74) is 11.5. The third-order valence-electron chi connectivity index (χ3n) is 5.28. The number of rotatable bonds is 16. The molecule has 204 valence electrons. The fourth-order valence-corrected chi connectivity index (χ4v) is 3.43. The molecule has 0 aromatic heterocycles. The first-order valence-corrected chi connectivity index (χ1v) is 11.7. The molecule has 37 heavy (non-hydrogen) atoms. The number of primary amides is 1. The molecule has 9 N–H and O–H groups in total. The van der Waals surface area contributed by atoms with Crippen LogP contribution < -0.4 is 27.4 Å². The maximum Gasteiger partial charge on any atom is 0.326 e. The summed E-state index contributed by atoms with van der Waals surface area (Å²) < 4.78 is 0. The van der Waals surface area contributed by atoms with Gasteiger partial charge >= 0.3 is 11.9 Å². The lowest BCUT2D eigenvalue weighted by Gasteiger charge is -2.25. The summed E-state index contributed by atoms with van der Waals surface area (Å²) >= 11 is 0. The minimum absolute atomic E-state index is 0.0683. The molecule has 1 aromatic rings. The highest BCUT2D eigenvalue weighted by Crippen LogP contribution is 2.08. The van der Waals surface area contributed by atoms with Gasteiger partial charge in [0.1, 0.15) is 18.1 Å². The van der Waals surface area contributed by atoms with Gasteiger partial charge in [-0.1, -0.05) is 44.2 Å². The molecule has 0 fully saturated rings. The zero-order valence-corrected chi connectivity index (χ0v) is 20.8. The van der Waals surface area contributed by atoms with Crippen LogP contribution in [0.25, 0.3) is 0 Å². The molecule has 0 unspecified atom stereocenters. The number of nitrogens with two attached hydrogens (primary N) is 2. The lowest BCUT2D eigenvalue weighted by atomic mass is 10.0. The first-order chi connectivity index (χ1) is 17.3. The normalized spacial score (nSPS) is 14.1. The predicted octanol–water partition coefficient (Wildman–Crippen LogP) is -1.12.